The van der Waals surface area contributed by atoms with Crippen molar-refractivity contribution in [3.63, 3.8) is 0 Å². The molecule has 4 atom stereocenters. The Bertz CT molecular complexity index is 1040. The summed E-state index contributed by atoms with van der Waals surface area (Å²) in [4.78, 5) is 36.8. The summed E-state index contributed by atoms with van der Waals surface area (Å²) >= 11 is 0. The van der Waals surface area contributed by atoms with E-state index >= 15 is 0 Å². The standard InChI is InChI=1S/C27H38N3O8P/c1-5-11-22(12-6-2)36-26(33)18-29-39(34,38-23-13-9-8-10-14-23)35-19-24-17-21(7-3)27(37-24)30(20-31)16-15-25(32)28-4/h3,8-10,13-16,20-22,24,27H,5-6,11-12,17-19H2,1-2,4H3,(H,28,32)(H,29,34)/b16-15-. The molecule has 0 bridgehead atoms. The van der Waals surface area contributed by atoms with Crippen LogP contribution in [-0.4, -0.2) is 61.8 Å². The van der Waals surface area contributed by atoms with Crippen molar-refractivity contribution in [1.82, 2.24) is 15.3 Å². The number of esters is 1. The van der Waals surface area contributed by atoms with E-state index in [4.69, 9.17) is 24.9 Å². The number of terminal acetylenes is 1. The average molecular weight is 564 g/mol. The first kappa shape index (κ1) is 32.1. The molecule has 2 rings (SSSR count). The quantitative estimate of drug-likeness (QED) is 0.0962. The van der Waals surface area contributed by atoms with Crippen LogP contribution in [0.5, 0.6) is 5.75 Å². The molecule has 2 amide bonds. The van der Waals surface area contributed by atoms with Gasteiger partial charge in [0.05, 0.1) is 18.6 Å². The first-order valence-electron chi connectivity index (χ1n) is 12.9. The van der Waals surface area contributed by atoms with Gasteiger partial charge in [0, 0.05) is 19.3 Å². The topological polar surface area (TPSA) is 132 Å². The summed E-state index contributed by atoms with van der Waals surface area (Å²) in [5.74, 6) is 1.37. The van der Waals surface area contributed by atoms with E-state index in [2.05, 4.69) is 16.3 Å². The number of ether oxygens (including phenoxy) is 2. The third-order valence-electron chi connectivity index (χ3n) is 5.80. The SMILES string of the molecule is C#CC1CC(COP(=O)(NCC(=O)OC(CCC)CCC)Oc2ccccc2)OC1N(C=O)/C=C\C(=O)NC. The summed E-state index contributed by atoms with van der Waals surface area (Å²) in [5.41, 5.74) is 0. The summed E-state index contributed by atoms with van der Waals surface area (Å²) in [6, 6.07) is 8.39. The van der Waals surface area contributed by atoms with E-state index in [-0.39, 0.29) is 18.5 Å². The van der Waals surface area contributed by atoms with Crippen LogP contribution in [0.1, 0.15) is 46.0 Å². The number of carbonyl (C=O) groups excluding carboxylic acids is 3. The summed E-state index contributed by atoms with van der Waals surface area (Å²) in [7, 11) is -2.60. The Morgan fingerprint density at radius 2 is 1.95 bits per heavy atom. The van der Waals surface area contributed by atoms with Crippen LogP contribution in [0, 0.1) is 18.3 Å². The number of amides is 2. The van der Waals surface area contributed by atoms with E-state index in [1.807, 2.05) is 13.8 Å². The van der Waals surface area contributed by atoms with Crippen molar-refractivity contribution in [3.8, 4) is 18.1 Å². The fourth-order valence-corrected chi connectivity index (χ4v) is 5.19. The molecule has 0 saturated carbocycles. The van der Waals surface area contributed by atoms with Gasteiger partial charge in [-0.3, -0.25) is 23.8 Å². The van der Waals surface area contributed by atoms with E-state index in [0.29, 0.717) is 12.8 Å². The minimum Gasteiger partial charge on any atom is -0.461 e. The van der Waals surface area contributed by atoms with E-state index in [9.17, 15) is 18.9 Å². The van der Waals surface area contributed by atoms with E-state index in [1.54, 1.807) is 30.3 Å². The van der Waals surface area contributed by atoms with Gasteiger partial charge < -0.3 is 19.3 Å². The molecule has 0 aliphatic carbocycles. The summed E-state index contributed by atoms with van der Waals surface area (Å²) in [6.07, 6.45) is 10.4. The smallest absolute Gasteiger partial charge is 0.459 e. The molecule has 2 N–H and O–H groups in total. The normalized spacial score (nSPS) is 20.2. The molecule has 0 spiro atoms. The molecule has 1 heterocycles. The van der Waals surface area contributed by atoms with Gasteiger partial charge in [-0.25, -0.2) is 9.65 Å². The monoisotopic (exact) mass is 563 g/mol. The van der Waals surface area contributed by atoms with Crippen LogP contribution in [-0.2, 0) is 32.9 Å². The molecule has 1 fully saturated rings. The number of carbonyl (C=O) groups is 3. The molecule has 0 radical (unpaired) electrons. The molecule has 4 unspecified atom stereocenters. The highest BCUT2D eigenvalue weighted by molar-refractivity contribution is 7.52. The second kappa shape index (κ2) is 16.7. The maximum absolute atomic E-state index is 13.6. The lowest BCUT2D eigenvalue weighted by Crippen LogP contribution is -2.35. The highest BCUT2D eigenvalue weighted by Gasteiger charge is 2.39. The molecule has 1 aliphatic heterocycles. The first-order valence-corrected chi connectivity index (χ1v) is 14.5. The largest absolute Gasteiger partial charge is 0.461 e. The summed E-state index contributed by atoms with van der Waals surface area (Å²) in [5, 5.41) is 5.00. The number of nitrogens with one attached hydrogen (secondary N) is 2. The van der Waals surface area contributed by atoms with Crippen molar-refractivity contribution >= 4 is 26.0 Å². The Kier molecular flexibility index (Phi) is 13.7. The number of hydrogen-bond donors (Lipinski definition) is 2. The molecule has 0 aromatic heterocycles. The molecule has 1 saturated heterocycles. The zero-order valence-electron chi connectivity index (χ0n) is 22.6. The highest BCUT2D eigenvalue weighted by Crippen LogP contribution is 2.45. The maximum Gasteiger partial charge on any atom is 0.459 e. The van der Waals surface area contributed by atoms with Gasteiger partial charge in [0.1, 0.15) is 24.6 Å². The number of likely N-dealkylation sites (N-methyl/N-ethyl adjacent to an activating group) is 1. The van der Waals surface area contributed by atoms with Crippen molar-refractivity contribution in [2.24, 2.45) is 5.92 Å². The van der Waals surface area contributed by atoms with Crippen LogP contribution in [0.15, 0.2) is 42.6 Å². The van der Waals surface area contributed by atoms with Gasteiger partial charge in [-0.2, -0.15) is 0 Å². The van der Waals surface area contributed by atoms with Crippen LogP contribution in [0.2, 0.25) is 0 Å². The van der Waals surface area contributed by atoms with Crippen molar-refractivity contribution in [2.75, 3.05) is 20.2 Å². The lowest BCUT2D eigenvalue weighted by molar-refractivity contribution is -0.148. The van der Waals surface area contributed by atoms with Gasteiger partial charge >= 0.3 is 13.7 Å². The number of benzene rings is 1. The number of rotatable bonds is 17. The van der Waals surface area contributed by atoms with Crippen LogP contribution in [0.3, 0.4) is 0 Å². The van der Waals surface area contributed by atoms with Gasteiger partial charge in [-0.1, -0.05) is 50.8 Å². The van der Waals surface area contributed by atoms with Gasteiger partial charge in [0.25, 0.3) is 0 Å². The van der Waals surface area contributed by atoms with Crippen LogP contribution < -0.4 is 14.9 Å². The second-order valence-corrected chi connectivity index (χ2v) is 10.6. The summed E-state index contributed by atoms with van der Waals surface area (Å²) in [6.45, 7) is 3.42. The van der Waals surface area contributed by atoms with E-state index in [1.165, 1.54) is 19.3 Å². The number of para-hydroxylation sites is 1. The minimum atomic E-state index is -4.06. The van der Waals surface area contributed by atoms with E-state index < -0.39 is 44.4 Å². The van der Waals surface area contributed by atoms with Gasteiger partial charge in [-0.15, -0.1) is 6.42 Å². The zero-order chi connectivity index (χ0) is 28.7. The average Bonchev–Trinajstić information content (AvgIpc) is 3.35. The Balaban J connectivity index is 2.08. The highest BCUT2D eigenvalue weighted by atomic mass is 31.2. The van der Waals surface area contributed by atoms with Gasteiger partial charge in [0.2, 0.25) is 12.3 Å². The first-order chi connectivity index (χ1) is 18.8. The Labute approximate surface area is 230 Å². The summed E-state index contributed by atoms with van der Waals surface area (Å²) < 4.78 is 36.4. The number of nitrogens with zero attached hydrogens (tertiary/aromatic N) is 1. The van der Waals surface area contributed by atoms with Crippen LogP contribution >= 0.6 is 7.75 Å². The maximum atomic E-state index is 13.6. The molecule has 1 aliphatic rings. The Morgan fingerprint density at radius 1 is 1.26 bits per heavy atom. The fourth-order valence-electron chi connectivity index (χ4n) is 3.90. The van der Waals surface area contributed by atoms with Crippen LogP contribution in [0.4, 0.5) is 0 Å². The lowest BCUT2D eigenvalue weighted by Gasteiger charge is -2.24. The lowest BCUT2D eigenvalue weighted by atomic mass is 10.0. The molecule has 39 heavy (non-hydrogen) atoms. The zero-order valence-corrected chi connectivity index (χ0v) is 23.5. The molecular weight excluding hydrogens is 525 g/mol. The predicted molar refractivity (Wildman–Crippen MR) is 145 cm³/mol. The third-order valence-corrected chi connectivity index (χ3v) is 7.29. The molecule has 12 heteroatoms. The van der Waals surface area contributed by atoms with Crippen molar-refractivity contribution in [3.05, 3.63) is 42.6 Å². The Hall–Kier alpha value is -3.16. The van der Waals surface area contributed by atoms with Crippen molar-refractivity contribution < 1.29 is 37.5 Å². The molecular formula is C27H38N3O8P. The second-order valence-electron chi connectivity index (χ2n) is 8.86. The minimum absolute atomic E-state index is 0.207. The fraction of sp³-hybridized carbons (Fsp3) is 0.519. The van der Waals surface area contributed by atoms with Crippen molar-refractivity contribution in [2.45, 2.75) is 64.4 Å². The van der Waals surface area contributed by atoms with Crippen LogP contribution in [0.25, 0.3) is 0 Å². The van der Waals surface area contributed by atoms with Crippen molar-refractivity contribution in [1.29, 1.82) is 0 Å². The molecule has 1 aromatic carbocycles. The Morgan fingerprint density at radius 3 is 2.54 bits per heavy atom. The van der Waals surface area contributed by atoms with Gasteiger partial charge in [-0.05, 0) is 31.4 Å². The van der Waals surface area contributed by atoms with Gasteiger partial charge in [0.15, 0.2) is 0 Å². The van der Waals surface area contributed by atoms with E-state index in [0.717, 1.165) is 30.6 Å². The third kappa shape index (κ3) is 10.9. The predicted octanol–water partition coefficient (Wildman–Crippen LogP) is 3.37. The molecule has 214 valence electrons. The molecule has 11 nitrogen and oxygen atoms in total. The number of hydrogen-bond acceptors (Lipinski definition) is 8. The molecule has 1 aromatic rings.